The predicted octanol–water partition coefficient (Wildman–Crippen LogP) is 3.57. The minimum atomic E-state index is -0.467. The fourth-order valence-corrected chi connectivity index (χ4v) is 3.51. The summed E-state index contributed by atoms with van der Waals surface area (Å²) in [7, 11) is 0. The number of nitrogens with one attached hydrogen (secondary N) is 1. The van der Waals surface area contributed by atoms with E-state index in [0.29, 0.717) is 15.7 Å². The number of Topliss-reactive ketones (excluding diaryl/α,β-unsaturated/α-hetero) is 1. The number of rotatable bonds is 6. The molecule has 26 heavy (non-hydrogen) atoms. The number of aromatic nitrogens is 3. The van der Waals surface area contributed by atoms with Gasteiger partial charge < -0.3 is 9.73 Å². The third-order valence-corrected chi connectivity index (χ3v) is 5.19. The number of anilines is 1. The highest BCUT2D eigenvalue weighted by molar-refractivity contribution is 7.99. The number of amides is 1. The van der Waals surface area contributed by atoms with Crippen LogP contribution in [0.3, 0.4) is 0 Å². The summed E-state index contributed by atoms with van der Waals surface area (Å²) < 4.78 is 19.1. The number of benzene rings is 1. The lowest BCUT2D eigenvalue weighted by molar-refractivity contribution is -0.113. The molecule has 0 aliphatic heterocycles. The van der Waals surface area contributed by atoms with Gasteiger partial charge in [0.05, 0.1) is 21.9 Å². The zero-order valence-corrected chi connectivity index (χ0v) is 15.4. The Morgan fingerprint density at radius 2 is 2.08 bits per heavy atom. The van der Waals surface area contributed by atoms with Crippen molar-refractivity contribution < 1.29 is 18.4 Å². The molecular formula is C16H13FN4O3S2. The minimum Gasteiger partial charge on any atom is -0.411 e. The summed E-state index contributed by atoms with van der Waals surface area (Å²) in [4.78, 5) is 28.1. The summed E-state index contributed by atoms with van der Waals surface area (Å²) in [6.45, 7) is 3.16. The van der Waals surface area contributed by atoms with Gasteiger partial charge in [0, 0.05) is 6.92 Å². The van der Waals surface area contributed by atoms with Gasteiger partial charge in [0.1, 0.15) is 5.82 Å². The molecule has 0 atom stereocenters. The maximum Gasteiger partial charge on any atom is 0.277 e. The Labute approximate surface area is 156 Å². The van der Waals surface area contributed by atoms with Gasteiger partial charge >= 0.3 is 0 Å². The highest BCUT2D eigenvalue weighted by Crippen LogP contribution is 2.26. The maximum atomic E-state index is 13.7. The average Bonchev–Trinajstić information content (AvgIpc) is 3.20. The van der Waals surface area contributed by atoms with Crippen LogP contribution in [0.1, 0.15) is 22.3 Å². The van der Waals surface area contributed by atoms with Crippen LogP contribution in [0.4, 0.5) is 9.52 Å². The second-order valence-electron chi connectivity index (χ2n) is 5.18. The molecule has 0 aliphatic rings. The van der Waals surface area contributed by atoms with Crippen LogP contribution in [0.15, 0.2) is 33.9 Å². The predicted molar refractivity (Wildman–Crippen MR) is 95.9 cm³/mol. The molecule has 0 aliphatic carbocycles. The molecule has 0 radical (unpaired) electrons. The molecule has 1 N–H and O–H groups in total. The Morgan fingerprint density at radius 1 is 1.31 bits per heavy atom. The number of carbonyl (C=O) groups is 2. The van der Waals surface area contributed by atoms with Crippen molar-refractivity contribution in [3.8, 4) is 11.5 Å². The quantitative estimate of drug-likeness (QED) is 0.506. The minimum absolute atomic E-state index is 0.00688. The van der Waals surface area contributed by atoms with Gasteiger partial charge in [0.2, 0.25) is 5.91 Å². The largest absolute Gasteiger partial charge is 0.411 e. The van der Waals surface area contributed by atoms with Gasteiger partial charge in [-0.15, -0.1) is 10.2 Å². The zero-order valence-electron chi connectivity index (χ0n) is 13.8. The van der Waals surface area contributed by atoms with Crippen LogP contribution in [0.5, 0.6) is 0 Å². The molecule has 1 aromatic carbocycles. The molecule has 2 aromatic heterocycles. The van der Waals surface area contributed by atoms with Crippen molar-refractivity contribution in [1.29, 1.82) is 0 Å². The van der Waals surface area contributed by atoms with E-state index in [2.05, 4.69) is 20.5 Å². The number of halogens is 1. The number of hydrogen-bond donors (Lipinski definition) is 1. The molecule has 1 amide bonds. The average molecular weight is 392 g/mol. The van der Waals surface area contributed by atoms with E-state index in [0.717, 1.165) is 23.1 Å². The van der Waals surface area contributed by atoms with E-state index < -0.39 is 5.82 Å². The Morgan fingerprint density at radius 3 is 2.77 bits per heavy atom. The summed E-state index contributed by atoms with van der Waals surface area (Å²) in [5, 5.41) is 10.7. The first-order valence-electron chi connectivity index (χ1n) is 7.43. The van der Waals surface area contributed by atoms with Crippen LogP contribution in [-0.2, 0) is 4.79 Å². The summed E-state index contributed by atoms with van der Waals surface area (Å²) >= 11 is 2.15. The molecule has 0 bridgehead atoms. The number of hydrogen-bond acceptors (Lipinski definition) is 8. The smallest absolute Gasteiger partial charge is 0.277 e. The second-order valence-corrected chi connectivity index (χ2v) is 7.11. The molecule has 0 fully saturated rings. The van der Waals surface area contributed by atoms with Crippen LogP contribution >= 0.6 is 23.1 Å². The molecule has 0 saturated carbocycles. The first-order valence-corrected chi connectivity index (χ1v) is 9.23. The molecule has 10 heteroatoms. The topological polar surface area (TPSA) is 98.0 Å². The summed E-state index contributed by atoms with van der Waals surface area (Å²) in [5.41, 5.74) is 0.781. The first kappa shape index (κ1) is 18.2. The van der Waals surface area contributed by atoms with Gasteiger partial charge in [-0.05, 0) is 19.1 Å². The Bertz CT molecular complexity index is 970. The standard InChI is InChI=1S/C16H13FN4O3S2/c1-8-13(9(2)22)26-15(18-8)19-12(23)7-25-16-21-20-14(24-16)10-5-3-4-6-11(10)17/h3-6H,7H2,1-2H3,(H,18,19,23). The number of nitrogens with zero attached hydrogens (tertiary/aromatic N) is 3. The van der Waals surface area contributed by atoms with Gasteiger partial charge in [-0.3, -0.25) is 9.59 Å². The number of carbonyl (C=O) groups excluding carboxylic acids is 2. The Hall–Kier alpha value is -2.59. The molecule has 7 nitrogen and oxygen atoms in total. The van der Waals surface area contributed by atoms with Gasteiger partial charge in [-0.2, -0.15) is 0 Å². The van der Waals surface area contributed by atoms with Crippen LogP contribution < -0.4 is 5.32 Å². The third kappa shape index (κ3) is 4.14. The lowest BCUT2D eigenvalue weighted by Crippen LogP contribution is -2.13. The van der Waals surface area contributed by atoms with E-state index in [9.17, 15) is 14.0 Å². The van der Waals surface area contributed by atoms with Crippen molar-refractivity contribution in [1.82, 2.24) is 15.2 Å². The van der Waals surface area contributed by atoms with Crippen molar-refractivity contribution in [2.24, 2.45) is 0 Å². The highest BCUT2D eigenvalue weighted by Gasteiger charge is 2.16. The maximum absolute atomic E-state index is 13.7. The van der Waals surface area contributed by atoms with Crippen molar-refractivity contribution in [3.05, 3.63) is 40.7 Å². The van der Waals surface area contributed by atoms with Crippen molar-refractivity contribution in [2.45, 2.75) is 19.1 Å². The fourth-order valence-electron chi connectivity index (χ4n) is 2.07. The molecule has 134 valence electrons. The van der Waals surface area contributed by atoms with Crippen LogP contribution in [0.2, 0.25) is 0 Å². The normalized spacial score (nSPS) is 10.7. The van der Waals surface area contributed by atoms with Crippen molar-refractivity contribution in [2.75, 3.05) is 11.1 Å². The Kier molecular flexibility index (Phi) is 5.43. The van der Waals surface area contributed by atoms with E-state index >= 15 is 0 Å². The summed E-state index contributed by atoms with van der Waals surface area (Å²) in [5.74, 6) is -0.836. The monoisotopic (exact) mass is 392 g/mol. The molecule has 2 heterocycles. The third-order valence-electron chi connectivity index (χ3n) is 3.20. The van der Waals surface area contributed by atoms with Gasteiger partial charge in [-0.25, -0.2) is 9.37 Å². The number of ketones is 1. The lowest BCUT2D eigenvalue weighted by Gasteiger charge is -1.99. The second kappa shape index (κ2) is 7.75. The first-order chi connectivity index (χ1) is 12.4. The van der Waals surface area contributed by atoms with E-state index in [-0.39, 0.29) is 34.1 Å². The van der Waals surface area contributed by atoms with Crippen LogP contribution in [-0.4, -0.2) is 32.6 Å². The summed E-state index contributed by atoms with van der Waals surface area (Å²) in [6, 6.07) is 6.05. The Balaban J connectivity index is 1.59. The summed E-state index contributed by atoms with van der Waals surface area (Å²) in [6.07, 6.45) is 0. The van der Waals surface area contributed by atoms with Gasteiger partial charge in [0.15, 0.2) is 10.9 Å². The fraction of sp³-hybridized carbons (Fsp3) is 0.188. The van der Waals surface area contributed by atoms with Crippen molar-refractivity contribution in [3.63, 3.8) is 0 Å². The molecule has 0 saturated heterocycles. The number of aryl methyl sites for hydroxylation is 1. The molecule has 0 spiro atoms. The van der Waals surface area contributed by atoms with Crippen LogP contribution in [0, 0.1) is 12.7 Å². The van der Waals surface area contributed by atoms with Gasteiger partial charge in [0.25, 0.3) is 11.1 Å². The van der Waals surface area contributed by atoms with E-state index in [4.69, 9.17) is 4.42 Å². The number of thiazole rings is 1. The zero-order chi connectivity index (χ0) is 18.7. The SMILES string of the molecule is CC(=O)c1sc(NC(=O)CSc2nnc(-c3ccccc3F)o2)nc1C. The molecular weight excluding hydrogens is 379 g/mol. The van der Waals surface area contributed by atoms with E-state index in [1.54, 1.807) is 19.1 Å². The molecule has 3 aromatic rings. The molecule has 3 rings (SSSR count). The van der Waals surface area contributed by atoms with E-state index in [1.807, 2.05) is 0 Å². The highest BCUT2D eigenvalue weighted by atomic mass is 32.2. The van der Waals surface area contributed by atoms with Gasteiger partial charge in [-0.1, -0.05) is 35.2 Å². The molecule has 0 unspecified atom stereocenters. The van der Waals surface area contributed by atoms with Crippen LogP contribution in [0.25, 0.3) is 11.5 Å². The van der Waals surface area contributed by atoms with Crippen molar-refractivity contribution >= 4 is 39.9 Å². The van der Waals surface area contributed by atoms with E-state index in [1.165, 1.54) is 19.1 Å². The number of thioether (sulfide) groups is 1. The lowest BCUT2D eigenvalue weighted by atomic mass is 10.2.